The van der Waals surface area contributed by atoms with E-state index in [-0.39, 0.29) is 56.0 Å². The van der Waals surface area contributed by atoms with Crippen LogP contribution in [0.2, 0.25) is 0 Å². The van der Waals surface area contributed by atoms with Crippen LogP contribution in [0.25, 0.3) is 0 Å². The number of phenolic OH excluding ortho intramolecular Hbond substituents is 2. The smallest absolute Gasteiger partial charge is 0.128 e. The second-order valence-electron chi connectivity index (χ2n) is 19.1. The summed E-state index contributed by atoms with van der Waals surface area (Å²) in [5.41, 5.74) is 6.63. The van der Waals surface area contributed by atoms with Gasteiger partial charge in [-0.25, -0.2) is 8.42 Å². The van der Waals surface area contributed by atoms with E-state index in [2.05, 4.69) is 107 Å². The molecule has 0 aliphatic heterocycles. The average molecular weight is 782 g/mol. The topological polar surface area (TPSA) is 122 Å². The fourth-order valence-corrected chi connectivity index (χ4v) is 7.63. The monoisotopic (exact) mass is 781 g/mol. The molecule has 3 aromatic carbocycles. The first-order valence-corrected chi connectivity index (χ1v) is 19.9. The molecule has 2 fully saturated rings. The molecule has 2 aliphatic carbocycles. The Balaban J connectivity index is 0.000000540. The molecule has 2 N–H and O–H groups in total. The van der Waals surface area contributed by atoms with E-state index in [4.69, 9.17) is 9.98 Å². The molecule has 53 heavy (non-hydrogen) atoms. The average Bonchev–Trinajstić information content (AvgIpc) is 3.58. The minimum absolute atomic E-state index is 0. The van der Waals surface area contributed by atoms with E-state index in [1.54, 1.807) is 12.1 Å². The third-order valence-electron chi connectivity index (χ3n) is 10.5. The van der Waals surface area contributed by atoms with Crippen LogP contribution in [0.15, 0.2) is 63.4 Å². The Kier molecular flexibility index (Phi) is 13.4. The van der Waals surface area contributed by atoms with E-state index in [9.17, 15) is 23.2 Å². The normalized spacial score (nSPS) is 20.8. The molecule has 0 radical (unpaired) electrons. The van der Waals surface area contributed by atoms with E-state index in [0.29, 0.717) is 23.3 Å². The zero-order chi connectivity index (χ0) is 39.2. The maximum absolute atomic E-state index is 11.2. The van der Waals surface area contributed by atoms with Crippen molar-refractivity contribution in [3.05, 3.63) is 87.5 Å². The number of hydrogen-bond acceptors (Lipinski definition) is 7. The number of rotatable bonds is 5. The van der Waals surface area contributed by atoms with Gasteiger partial charge in [0.15, 0.2) is 0 Å². The molecule has 2 saturated carbocycles. The molecule has 9 heteroatoms. The molecule has 2 aliphatic rings. The predicted octanol–water partition coefficient (Wildman–Crippen LogP) is 9.89. The number of fused-ring (bicyclic) bond motifs is 2. The van der Waals surface area contributed by atoms with Gasteiger partial charge in [0.1, 0.15) is 21.6 Å². The summed E-state index contributed by atoms with van der Waals surface area (Å²) in [7, 11) is -4.27. The number of aliphatic imine (C=N–C) groups is 2. The Morgan fingerprint density at radius 1 is 0.623 bits per heavy atom. The Bertz CT molecular complexity index is 1820. The maximum atomic E-state index is 11.2. The van der Waals surface area contributed by atoms with Crippen molar-refractivity contribution in [1.82, 2.24) is 0 Å². The second-order valence-corrected chi connectivity index (χ2v) is 20.5. The van der Waals surface area contributed by atoms with Crippen LogP contribution in [-0.4, -0.2) is 47.7 Å². The third kappa shape index (κ3) is 11.1. The number of aryl methyl sites for hydroxylation is 1. The van der Waals surface area contributed by atoms with Crippen molar-refractivity contribution in [2.24, 2.45) is 21.8 Å². The summed E-state index contributed by atoms with van der Waals surface area (Å²) >= 11 is 0. The number of benzene rings is 3. The Morgan fingerprint density at radius 3 is 1.26 bits per heavy atom. The Morgan fingerprint density at radius 2 is 0.981 bits per heavy atom. The molecule has 0 saturated heterocycles. The first-order chi connectivity index (χ1) is 23.7. The van der Waals surface area contributed by atoms with E-state index in [0.717, 1.165) is 47.1 Å². The van der Waals surface area contributed by atoms with Crippen LogP contribution in [-0.2, 0) is 49.1 Å². The van der Waals surface area contributed by atoms with Crippen LogP contribution >= 0.6 is 0 Å². The van der Waals surface area contributed by atoms with Gasteiger partial charge in [0.2, 0.25) is 0 Å². The molecule has 0 amide bonds. The number of nitrogens with zero attached hydrogens (tertiary/aromatic N) is 2. The van der Waals surface area contributed by atoms with Crippen molar-refractivity contribution in [2.75, 3.05) is 0 Å². The zero-order valence-electron chi connectivity index (χ0n) is 34.0. The van der Waals surface area contributed by atoms with Gasteiger partial charge >= 0.3 is 0 Å². The van der Waals surface area contributed by atoms with E-state index >= 15 is 0 Å². The van der Waals surface area contributed by atoms with Gasteiger partial charge in [0.05, 0.1) is 17.0 Å². The van der Waals surface area contributed by atoms with E-state index in [1.165, 1.54) is 23.3 Å². The molecule has 3 aromatic rings. The van der Waals surface area contributed by atoms with Crippen LogP contribution in [0.1, 0.15) is 141 Å². The molecular weight excluding hydrogens is 721 g/mol. The van der Waals surface area contributed by atoms with Gasteiger partial charge in [-0.2, -0.15) is 0 Å². The summed E-state index contributed by atoms with van der Waals surface area (Å²) in [6.45, 7) is 28.0. The Labute approximate surface area is 330 Å². The molecule has 5 rings (SSSR count). The summed E-state index contributed by atoms with van der Waals surface area (Å²) in [6.07, 6.45) is 7.04. The van der Waals surface area contributed by atoms with Gasteiger partial charge in [-0.05, 0) is 95.1 Å². The standard InChI is InChI=1S/C37H54N2O2.C7H8O3S.Cr/c1-34(2,3)26-14-24(32(40)28(18-26)36(7,8)9)20-38-30-16-23-13-22(30)17-31(23)39-21-25-15-27(35(4,5)6)19-29(33(25)41)37(10,11)12;1-6-2-4-7(5-3-6)11(8,9)10;/h14-15,18-23,30-31,40-41H,13,16-17H2,1-12H3;2-5H,1H3,(H,8,9,10);/p-1/t22-,23-,30-,31+;;/m0../s1. The molecule has 290 valence electrons. The van der Waals surface area contributed by atoms with Crippen molar-refractivity contribution < 1.29 is 40.5 Å². The van der Waals surface area contributed by atoms with E-state index in [1.807, 2.05) is 19.4 Å². The molecule has 0 heterocycles. The first-order valence-electron chi connectivity index (χ1n) is 18.5. The van der Waals surface area contributed by atoms with Crippen molar-refractivity contribution in [3.8, 4) is 11.5 Å². The molecule has 4 atom stereocenters. The molecule has 2 bridgehead atoms. The maximum Gasteiger partial charge on any atom is 0.128 e. The zero-order valence-corrected chi connectivity index (χ0v) is 36.1. The summed E-state index contributed by atoms with van der Waals surface area (Å²) in [5, 5.41) is 22.3. The minimum atomic E-state index is -4.27. The van der Waals surface area contributed by atoms with Gasteiger partial charge in [-0.15, -0.1) is 0 Å². The van der Waals surface area contributed by atoms with Crippen LogP contribution in [0.5, 0.6) is 11.5 Å². The number of hydrogen-bond donors (Lipinski definition) is 2. The molecule has 0 spiro atoms. The predicted molar refractivity (Wildman–Crippen MR) is 214 cm³/mol. The van der Waals surface area contributed by atoms with E-state index < -0.39 is 10.1 Å². The SMILES string of the molecule is CC(C)(C)c1cc(C=N[C@H]2C[C@@H]3C[C@H]2C[C@H]3N=Cc2cc(C(C)(C)C)cc(C(C)(C)C)c2O)c(O)c(C(C)(C)C)c1.Cc1ccc(S(=O)(=O)[O-])cc1.[Cr]. The molecule has 0 aromatic heterocycles. The number of aromatic hydroxyl groups is 2. The van der Waals surface area contributed by atoms with Crippen molar-refractivity contribution >= 4 is 22.5 Å². The van der Waals surface area contributed by atoms with Crippen molar-refractivity contribution in [2.45, 2.75) is 148 Å². The minimum Gasteiger partial charge on any atom is -0.744 e. The van der Waals surface area contributed by atoms with Gasteiger partial charge in [-0.3, -0.25) is 9.98 Å². The van der Waals surface area contributed by atoms with Crippen LogP contribution in [0.4, 0.5) is 0 Å². The summed E-state index contributed by atoms with van der Waals surface area (Å²) in [6, 6.07) is 14.9. The molecular formula is C44H61CrN2O5S-. The van der Waals surface area contributed by atoms with Crippen LogP contribution in [0, 0.1) is 18.8 Å². The van der Waals surface area contributed by atoms with Gasteiger partial charge in [-0.1, -0.05) is 113 Å². The summed E-state index contributed by atoms with van der Waals surface area (Å²) in [5.74, 6) is 1.72. The fraction of sp³-hybridized carbons (Fsp3) is 0.545. The van der Waals surface area contributed by atoms with Crippen molar-refractivity contribution in [3.63, 3.8) is 0 Å². The Hall–Kier alpha value is -2.96. The fourth-order valence-electron chi connectivity index (χ4n) is 7.16. The van der Waals surface area contributed by atoms with Gasteiger partial charge < -0.3 is 14.8 Å². The second kappa shape index (κ2) is 16.0. The molecule has 7 nitrogen and oxygen atoms in total. The largest absolute Gasteiger partial charge is 0.744 e. The first kappa shape index (κ1) is 44.4. The van der Waals surface area contributed by atoms with Crippen molar-refractivity contribution in [1.29, 1.82) is 0 Å². The van der Waals surface area contributed by atoms with Crippen LogP contribution in [0.3, 0.4) is 0 Å². The third-order valence-corrected chi connectivity index (χ3v) is 11.4. The number of phenols is 2. The summed E-state index contributed by atoms with van der Waals surface area (Å²) < 4.78 is 31.2. The molecule has 0 unspecified atom stereocenters. The van der Waals surface area contributed by atoms with Gasteiger partial charge in [0, 0.05) is 52.0 Å². The summed E-state index contributed by atoms with van der Waals surface area (Å²) in [4.78, 5) is 9.92. The quantitative estimate of drug-likeness (QED) is 0.197. The van der Waals surface area contributed by atoms with Crippen LogP contribution < -0.4 is 0 Å². The van der Waals surface area contributed by atoms with Gasteiger partial charge in [0.25, 0.3) is 0 Å².